The molecule has 2 N–H and O–H groups in total. The van der Waals surface area contributed by atoms with Crippen molar-refractivity contribution < 1.29 is 14.3 Å². The van der Waals surface area contributed by atoms with Crippen LogP contribution in [0.15, 0.2) is 12.1 Å². The first-order valence-electron chi connectivity index (χ1n) is 8.89. The maximum atomic E-state index is 12.7. The summed E-state index contributed by atoms with van der Waals surface area (Å²) in [7, 11) is 3.31. The summed E-state index contributed by atoms with van der Waals surface area (Å²) in [6.07, 6.45) is 5.63. The number of carbonyl (C=O) groups excluding carboxylic acids is 1. The first-order valence-corrected chi connectivity index (χ1v) is 8.89. The summed E-state index contributed by atoms with van der Waals surface area (Å²) in [5, 5.41) is 0. The van der Waals surface area contributed by atoms with Crippen LogP contribution in [0.2, 0.25) is 0 Å². The van der Waals surface area contributed by atoms with Crippen LogP contribution in [0, 0.1) is 5.92 Å². The van der Waals surface area contributed by atoms with Gasteiger partial charge in [0.2, 0.25) is 5.91 Å². The van der Waals surface area contributed by atoms with E-state index in [0.717, 1.165) is 56.7 Å². The quantitative estimate of drug-likeness (QED) is 0.887. The molecular weight excluding hydrogens is 340 g/mol. The van der Waals surface area contributed by atoms with Crippen molar-refractivity contribution in [3.05, 3.63) is 23.3 Å². The van der Waals surface area contributed by atoms with Gasteiger partial charge in [0.15, 0.2) is 11.5 Å². The van der Waals surface area contributed by atoms with Gasteiger partial charge in [-0.05, 0) is 54.9 Å². The van der Waals surface area contributed by atoms with Gasteiger partial charge in [-0.3, -0.25) is 4.79 Å². The van der Waals surface area contributed by atoms with Crippen molar-refractivity contribution >= 4 is 18.3 Å². The standard InChI is InChI=1S/C19H28N2O3.ClH/c1-23-17-10-13-6-8-21(9-7-14(13)11-18(17)24-2)19(22)12-15-4-3-5-16(15)20;/h10-11,15-16H,3-9,12,20H2,1-2H3;1H/t15-,16+;/m0./s1. The molecule has 2 aliphatic rings. The third-order valence-electron chi connectivity index (χ3n) is 5.52. The molecule has 0 radical (unpaired) electrons. The average molecular weight is 369 g/mol. The van der Waals surface area contributed by atoms with Gasteiger partial charge in [-0.25, -0.2) is 0 Å². The molecular formula is C19H29ClN2O3. The number of hydrogen-bond acceptors (Lipinski definition) is 4. The number of ether oxygens (including phenoxy) is 2. The van der Waals surface area contributed by atoms with Crippen LogP contribution in [-0.2, 0) is 17.6 Å². The lowest BCUT2D eigenvalue weighted by atomic mass is 9.99. The maximum Gasteiger partial charge on any atom is 0.222 e. The summed E-state index contributed by atoms with van der Waals surface area (Å²) >= 11 is 0. The largest absolute Gasteiger partial charge is 0.493 e. The number of hydrogen-bond donors (Lipinski definition) is 1. The molecule has 140 valence electrons. The van der Waals surface area contributed by atoms with Crippen molar-refractivity contribution in [1.29, 1.82) is 0 Å². The van der Waals surface area contributed by atoms with Crippen molar-refractivity contribution in [3.8, 4) is 11.5 Å². The van der Waals surface area contributed by atoms with Crippen molar-refractivity contribution in [2.75, 3.05) is 27.3 Å². The monoisotopic (exact) mass is 368 g/mol. The van der Waals surface area contributed by atoms with Crippen LogP contribution < -0.4 is 15.2 Å². The van der Waals surface area contributed by atoms with Crippen LogP contribution in [0.5, 0.6) is 11.5 Å². The molecule has 1 aromatic rings. The SMILES string of the molecule is COc1cc2c(cc1OC)CCN(C(=O)C[C@@H]1CCC[C@H]1N)CC2.Cl. The Morgan fingerprint density at radius 3 is 2.12 bits per heavy atom. The number of nitrogens with two attached hydrogens (primary N) is 1. The highest BCUT2D eigenvalue weighted by Crippen LogP contribution is 2.33. The van der Waals surface area contributed by atoms with Crippen LogP contribution in [-0.4, -0.2) is 44.2 Å². The molecule has 1 aliphatic carbocycles. The molecule has 0 aromatic heterocycles. The molecule has 0 unspecified atom stereocenters. The van der Waals surface area contributed by atoms with Gasteiger partial charge >= 0.3 is 0 Å². The zero-order chi connectivity index (χ0) is 17.1. The Morgan fingerprint density at radius 1 is 1.12 bits per heavy atom. The maximum absolute atomic E-state index is 12.7. The summed E-state index contributed by atoms with van der Waals surface area (Å²) in [5.74, 6) is 2.13. The molecule has 1 fully saturated rings. The molecule has 1 heterocycles. The smallest absolute Gasteiger partial charge is 0.222 e. The van der Waals surface area contributed by atoms with E-state index in [-0.39, 0.29) is 24.4 Å². The summed E-state index contributed by atoms with van der Waals surface area (Å²) in [5.41, 5.74) is 8.62. The molecule has 1 saturated carbocycles. The number of methoxy groups -OCH3 is 2. The molecule has 0 saturated heterocycles. The molecule has 0 spiro atoms. The van der Waals surface area contributed by atoms with Gasteiger partial charge in [-0.1, -0.05) is 6.42 Å². The second-order valence-electron chi connectivity index (χ2n) is 6.92. The van der Waals surface area contributed by atoms with Crippen molar-refractivity contribution in [3.63, 3.8) is 0 Å². The molecule has 1 amide bonds. The van der Waals surface area contributed by atoms with Crippen molar-refractivity contribution in [2.45, 2.75) is 44.6 Å². The van der Waals surface area contributed by atoms with Gasteiger partial charge in [-0.2, -0.15) is 0 Å². The fraction of sp³-hybridized carbons (Fsp3) is 0.632. The Hall–Kier alpha value is -1.46. The molecule has 25 heavy (non-hydrogen) atoms. The Labute approximate surface area is 156 Å². The predicted molar refractivity (Wildman–Crippen MR) is 101 cm³/mol. The fourth-order valence-corrected chi connectivity index (χ4v) is 3.97. The minimum atomic E-state index is 0. The van der Waals surface area contributed by atoms with Crippen molar-refractivity contribution in [2.24, 2.45) is 11.7 Å². The number of halogens is 1. The summed E-state index contributed by atoms with van der Waals surface area (Å²) in [6.45, 7) is 1.53. The van der Waals surface area contributed by atoms with Gasteiger partial charge in [-0.15, -0.1) is 12.4 Å². The van der Waals surface area contributed by atoms with E-state index in [1.807, 2.05) is 4.90 Å². The van der Waals surface area contributed by atoms with E-state index in [1.165, 1.54) is 11.1 Å². The van der Waals surface area contributed by atoms with Gasteiger partial charge in [0.25, 0.3) is 0 Å². The second kappa shape index (κ2) is 8.77. The molecule has 3 rings (SSSR count). The number of carbonyl (C=O) groups is 1. The van der Waals surface area contributed by atoms with Crippen LogP contribution in [0.3, 0.4) is 0 Å². The van der Waals surface area contributed by atoms with Crippen LogP contribution in [0.1, 0.15) is 36.8 Å². The molecule has 2 atom stereocenters. The van der Waals surface area contributed by atoms with E-state index in [1.54, 1.807) is 14.2 Å². The number of nitrogens with zero attached hydrogens (tertiary/aromatic N) is 1. The Balaban J connectivity index is 0.00000225. The van der Waals surface area contributed by atoms with Crippen LogP contribution in [0.25, 0.3) is 0 Å². The van der Waals surface area contributed by atoms with Gasteiger partial charge in [0.05, 0.1) is 14.2 Å². The molecule has 6 heteroatoms. The second-order valence-corrected chi connectivity index (χ2v) is 6.92. The Bertz CT molecular complexity index is 574. The molecule has 1 aliphatic heterocycles. The van der Waals surface area contributed by atoms with E-state index in [0.29, 0.717) is 12.3 Å². The van der Waals surface area contributed by atoms with E-state index in [4.69, 9.17) is 15.2 Å². The van der Waals surface area contributed by atoms with E-state index in [9.17, 15) is 4.79 Å². The highest BCUT2D eigenvalue weighted by molar-refractivity contribution is 5.85. The zero-order valence-corrected chi connectivity index (χ0v) is 15.9. The minimum Gasteiger partial charge on any atom is -0.493 e. The minimum absolute atomic E-state index is 0. The third kappa shape index (κ3) is 4.39. The highest BCUT2D eigenvalue weighted by atomic mass is 35.5. The van der Waals surface area contributed by atoms with Gasteiger partial charge in [0.1, 0.15) is 0 Å². The third-order valence-corrected chi connectivity index (χ3v) is 5.52. The van der Waals surface area contributed by atoms with Gasteiger partial charge < -0.3 is 20.1 Å². The van der Waals surface area contributed by atoms with Crippen LogP contribution >= 0.6 is 12.4 Å². The van der Waals surface area contributed by atoms with E-state index in [2.05, 4.69) is 12.1 Å². The first kappa shape index (κ1) is 19.9. The van der Waals surface area contributed by atoms with Crippen LogP contribution in [0.4, 0.5) is 0 Å². The normalized spacial score (nSPS) is 22.6. The number of benzene rings is 1. The van der Waals surface area contributed by atoms with Crippen molar-refractivity contribution in [1.82, 2.24) is 4.90 Å². The Kier molecular flexibility index (Phi) is 6.96. The van der Waals surface area contributed by atoms with Gasteiger partial charge in [0, 0.05) is 25.6 Å². The van der Waals surface area contributed by atoms with E-state index < -0.39 is 0 Å². The Morgan fingerprint density at radius 2 is 1.68 bits per heavy atom. The molecule has 0 bridgehead atoms. The summed E-state index contributed by atoms with van der Waals surface area (Å²) in [6, 6.07) is 4.30. The molecule has 5 nitrogen and oxygen atoms in total. The number of fused-ring (bicyclic) bond motifs is 1. The summed E-state index contributed by atoms with van der Waals surface area (Å²) < 4.78 is 10.8. The highest BCUT2D eigenvalue weighted by Gasteiger charge is 2.28. The lowest BCUT2D eigenvalue weighted by Crippen LogP contribution is -2.36. The topological polar surface area (TPSA) is 64.8 Å². The summed E-state index contributed by atoms with van der Waals surface area (Å²) in [4.78, 5) is 14.7. The zero-order valence-electron chi connectivity index (χ0n) is 15.1. The predicted octanol–water partition coefficient (Wildman–Crippen LogP) is 2.57. The average Bonchev–Trinajstić information content (AvgIpc) is 2.87. The lowest BCUT2D eigenvalue weighted by molar-refractivity contribution is -0.132. The lowest BCUT2D eigenvalue weighted by Gasteiger charge is -2.23. The number of amides is 1. The molecule has 1 aromatic carbocycles. The van der Waals surface area contributed by atoms with E-state index >= 15 is 0 Å². The fourth-order valence-electron chi connectivity index (χ4n) is 3.97. The number of rotatable bonds is 4. The first-order chi connectivity index (χ1) is 11.6.